The summed E-state index contributed by atoms with van der Waals surface area (Å²) in [6.07, 6.45) is 9.01. The van der Waals surface area contributed by atoms with Crippen LogP contribution in [0, 0.1) is 0 Å². The molecule has 26 heavy (non-hydrogen) atoms. The quantitative estimate of drug-likeness (QED) is 0.693. The Kier molecular flexibility index (Phi) is 6.86. The van der Waals surface area contributed by atoms with Gasteiger partial charge in [0.15, 0.2) is 0 Å². The van der Waals surface area contributed by atoms with Crippen LogP contribution >= 0.6 is 0 Å². The molecule has 0 N–H and O–H groups in total. The van der Waals surface area contributed by atoms with Crippen molar-refractivity contribution in [1.82, 2.24) is 14.7 Å². The van der Waals surface area contributed by atoms with Crippen LogP contribution < -0.4 is 0 Å². The zero-order chi connectivity index (χ0) is 18.4. The second-order valence-electron chi connectivity index (χ2n) is 7.50. The van der Waals surface area contributed by atoms with Crippen LogP contribution in [0.25, 0.3) is 11.3 Å². The maximum Gasteiger partial charge on any atom is 0.0968 e. The summed E-state index contributed by atoms with van der Waals surface area (Å²) in [5.74, 6) is 0.755. The second kappa shape index (κ2) is 9.33. The van der Waals surface area contributed by atoms with E-state index in [4.69, 9.17) is 9.84 Å². The highest BCUT2D eigenvalue weighted by Gasteiger charge is 2.17. The smallest absolute Gasteiger partial charge is 0.0968 e. The zero-order valence-corrected chi connectivity index (χ0v) is 16.6. The summed E-state index contributed by atoms with van der Waals surface area (Å²) >= 11 is 0. The van der Waals surface area contributed by atoms with Gasteiger partial charge >= 0.3 is 0 Å². The molecule has 4 heteroatoms. The van der Waals surface area contributed by atoms with Crippen LogP contribution in [0.4, 0.5) is 0 Å². The molecule has 3 rings (SSSR count). The normalized spacial score (nSPS) is 15.7. The Morgan fingerprint density at radius 3 is 2.54 bits per heavy atom. The van der Waals surface area contributed by atoms with Crippen molar-refractivity contribution >= 4 is 0 Å². The van der Waals surface area contributed by atoms with Gasteiger partial charge in [-0.15, -0.1) is 0 Å². The third kappa shape index (κ3) is 4.74. The molecule has 142 valence electrons. The molecule has 4 nitrogen and oxygen atoms in total. The lowest BCUT2D eigenvalue weighted by Crippen LogP contribution is -2.26. The Hall–Kier alpha value is -1.65. The van der Waals surface area contributed by atoms with Crippen LogP contribution in [-0.4, -0.2) is 41.5 Å². The van der Waals surface area contributed by atoms with Gasteiger partial charge in [0.2, 0.25) is 0 Å². The van der Waals surface area contributed by atoms with Crippen molar-refractivity contribution in [3.8, 4) is 11.3 Å². The summed E-state index contributed by atoms with van der Waals surface area (Å²) in [5, 5.41) is 4.75. The van der Waals surface area contributed by atoms with Crippen molar-refractivity contribution < 1.29 is 4.74 Å². The third-order valence-corrected chi connectivity index (χ3v) is 5.62. The lowest BCUT2D eigenvalue weighted by atomic mass is 9.84. The first-order chi connectivity index (χ1) is 12.7. The van der Waals surface area contributed by atoms with Gasteiger partial charge in [-0.2, -0.15) is 5.10 Å². The van der Waals surface area contributed by atoms with Crippen molar-refractivity contribution in [2.24, 2.45) is 7.05 Å². The van der Waals surface area contributed by atoms with Crippen molar-refractivity contribution in [2.45, 2.75) is 51.5 Å². The molecule has 0 unspecified atom stereocenters. The summed E-state index contributed by atoms with van der Waals surface area (Å²) in [5.41, 5.74) is 5.12. The summed E-state index contributed by atoms with van der Waals surface area (Å²) in [4.78, 5) is 2.40. The summed E-state index contributed by atoms with van der Waals surface area (Å²) in [6, 6.07) is 9.18. The molecular formula is C22H33N3O. The van der Waals surface area contributed by atoms with Gasteiger partial charge in [-0.3, -0.25) is 9.58 Å². The minimum absolute atomic E-state index is 0.755. The molecule has 2 aromatic rings. The number of aromatic nitrogens is 2. The number of aryl methyl sites for hydroxylation is 1. The highest BCUT2D eigenvalue weighted by Crippen LogP contribution is 2.33. The Morgan fingerprint density at radius 2 is 1.88 bits per heavy atom. The summed E-state index contributed by atoms with van der Waals surface area (Å²) in [6.45, 7) is 5.83. The molecule has 1 aliphatic carbocycles. The van der Waals surface area contributed by atoms with Crippen LogP contribution in [0.1, 0.15) is 56.1 Å². The number of benzene rings is 1. The van der Waals surface area contributed by atoms with Crippen LogP contribution in [0.15, 0.2) is 30.5 Å². The van der Waals surface area contributed by atoms with E-state index in [-0.39, 0.29) is 0 Å². The Bertz CT molecular complexity index is 671. The largest absolute Gasteiger partial charge is 0.383 e. The van der Waals surface area contributed by atoms with Crippen molar-refractivity contribution in [1.29, 1.82) is 0 Å². The van der Waals surface area contributed by atoms with E-state index < -0.39 is 0 Å². The molecule has 0 radical (unpaired) electrons. The SMILES string of the molecule is CCN(CCOC)Cc1cn(C)nc1-c1ccc(C2CCCCC2)cc1. The molecule has 0 aliphatic heterocycles. The number of hydrogen-bond donors (Lipinski definition) is 0. The van der Waals surface area contributed by atoms with E-state index in [2.05, 4.69) is 42.3 Å². The maximum absolute atomic E-state index is 5.24. The van der Waals surface area contributed by atoms with Gasteiger partial charge in [0, 0.05) is 44.6 Å². The van der Waals surface area contributed by atoms with Gasteiger partial charge in [-0.05, 0) is 30.9 Å². The minimum atomic E-state index is 0.755. The van der Waals surface area contributed by atoms with E-state index in [1.807, 2.05) is 11.7 Å². The molecule has 0 amide bonds. The first-order valence-corrected chi connectivity index (χ1v) is 10.1. The van der Waals surface area contributed by atoms with Crippen LogP contribution in [0.5, 0.6) is 0 Å². The average molecular weight is 356 g/mol. The highest BCUT2D eigenvalue weighted by atomic mass is 16.5. The number of hydrogen-bond acceptors (Lipinski definition) is 3. The van der Waals surface area contributed by atoms with Gasteiger partial charge in [0.1, 0.15) is 0 Å². The number of rotatable bonds is 8. The van der Waals surface area contributed by atoms with Gasteiger partial charge in [-0.25, -0.2) is 0 Å². The fourth-order valence-electron chi connectivity index (χ4n) is 4.06. The highest BCUT2D eigenvalue weighted by molar-refractivity contribution is 5.63. The number of ether oxygens (including phenoxy) is 1. The van der Waals surface area contributed by atoms with Crippen LogP contribution in [0.2, 0.25) is 0 Å². The van der Waals surface area contributed by atoms with Crippen LogP contribution in [0.3, 0.4) is 0 Å². The predicted octanol–water partition coefficient (Wildman–Crippen LogP) is 4.60. The Balaban J connectivity index is 1.76. The van der Waals surface area contributed by atoms with E-state index in [1.165, 1.54) is 48.8 Å². The monoisotopic (exact) mass is 355 g/mol. The standard InChI is InChI=1S/C22H33N3O/c1-4-25(14-15-26-3)17-21-16-24(2)23-22(21)20-12-10-19(11-13-20)18-8-6-5-7-9-18/h10-13,16,18H,4-9,14-15,17H2,1-3H3. The molecule has 0 atom stereocenters. The molecule has 1 heterocycles. The summed E-state index contributed by atoms with van der Waals surface area (Å²) < 4.78 is 7.17. The Morgan fingerprint density at radius 1 is 1.15 bits per heavy atom. The molecule has 0 saturated heterocycles. The lowest BCUT2D eigenvalue weighted by Gasteiger charge is -2.22. The first-order valence-electron chi connectivity index (χ1n) is 10.1. The second-order valence-corrected chi connectivity index (χ2v) is 7.50. The van der Waals surface area contributed by atoms with E-state index in [0.717, 1.165) is 37.9 Å². The number of nitrogens with zero attached hydrogens (tertiary/aromatic N) is 3. The zero-order valence-electron chi connectivity index (χ0n) is 16.6. The lowest BCUT2D eigenvalue weighted by molar-refractivity contribution is 0.147. The molecule has 0 bridgehead atoms. The maximum atomic E-state index is 5.24. The third-order valence-electron chi connectivity index (χ3n) is 5.62. The van der Waals surface area contributed by atoms with Gasteiger partial charge < -0.3 is 4.74 Å². The number of likely N-dealkylation sites (N-methyl/N-ethyl adjacent to an activating group) is 1. The van der Waals surface area contributed by atoms with Crippen molar-refractivity contribution in [3.05, 3.63) is 41.6 Å². The molecule has 1 saturated carbocycles. The average Bonchev–Trinajstić information content (AvgIpc) is 3.06. The first kappa shape index (κ1) is 19.1. The number of methoxy groups -OCH3 is 1. The molecule has 1 fully saturated rings. The molecule has 0 spiro atoms. The van der Waals surface area contributed by atoms with Crippen molar-refractivity contribution in [3.63, 3.8) is 0 Å². The minimum Gasteiger partial charge on any atom is -0.383 e. The van der Waals surface area contributed by atoms with Gasteiger partial charge in [0.05, 0.1) is 12.3 Å². The molecule has 1 aliphatic rings. The Labute approximate surface area is 158 Å². The molecule has 1 aromatic carbocycles. The predicted molar refractivity (Wildman–Crippen MR) is 107 cm³/mol. The summed E-state index contributed by atoms with van der Waals surface area (Å²) in [7, 11) is 3.77. The van der Waals surface area contributed by atoms with Crippen LogP contribution in [-0.2, 0) is 18.3 Å². The molecule has 1 aromatic heterocycles. The van der Waals surface area contributed by atoms with E-state index in [0.29, 0.717) is 0 Å². The topological polar surface area (TPSA) is 30.3 Å². The van der Waals surface area contributed by atoms with Gasteiger partial charge in [-0.1, -0.05) is 50.5 Å². The molecular weight excluding hydrogens is 322 g/mol. The van der Waals surface area contributed by atoms with Crippen molar-refractivity contribution in [2.75, 3.05) is 26.8 Å². The fourth-order valence-corrected chi connectivity index (χ4v) is 4.06. The van der Waals surface area contributed by atoms with E-state index in [1.54, 1.807) is 7.11 Å². The van der Waals surface area contributed by atoms with E-state index in [9.17, 15) is 0 Å². The van der Waals surface area contributed by atoms with Gasteiger partial charge in [0.25, 0.3) is 0 Å². The van der Waals surface area contributed by atoms with E-state index >= 15 is 0 Å². The fraction of sp³-hybridized carbons (Fsp3) is 0.591.